The normalized spacial score (nSPS) is 17.0. The lowest BCUT2D eigenvalue weighted by Gasteiger charge is -2.12. The van der Waals surface area contributed by atoms with Crippen LogP contribution in [0.25, 0.3) is 0 Å². The van der Waals surface area contributed by atoms with E-state index in [2.05, 4.69) is 10.4 Å². The lowest BCUT2D eigenvalue weighted by Crippen LogP contribution is -2.16. The molecule has 0 saturated carbocycles. The Balaban J connectivity index is 1.66. The van der Waals surface area contributed by atoms with E-state index in [-0.39, 0.29) is 12.0 Å². The molecule has 6 nitrogen and oxygen atoms in total. The maximum Gasteiger partial charge on any atom is 0.260 e. The van der Waals surface area contributed by atoms with Gasteiger partial charge in [0.2, 0.25) is 0 Å². The van der Waals surface area contributed by atoms with Crippen LogP contribution in [0, 0.1) is 6.92 Å². The summed E-state index contributed by atoms with van der Waals surface area (Å²) in [5, 5.41) is 7.30. The van der Waals surface area contributed by atoms with Gasteiger partial charge in [0.05, 0.1) is 17.4 Å². The lowest BCUT2D eigenvalue weighted by molar-refractivity contribution is 0.0680. The Bertz CT molecular complexity index is 739. The highest BCUT2D eigenvalue weighted by Gasteiger charge is 2.19. The molecule has 1 aromatic carbocycles. The van der Waals surface area contributed by atoms with Crippen LogP contribution >= 0.6 is 11.6 Å². The van der Waals surface area contributed by atoms with Gasteiger partial charge in [0.1, 0.15) is 17.5 Å². The summed E-state index contributed by atoms with van der Waals surface area (Å²) in [6.07, 6.45) is 2.25. The molecule has 0 spiro atoms. The largest absolute Gasteiger partial charge is 0.491 e. The summed E-state index contributed by atoms with van der Waals surface area (Å²) in [6.45, 7) is 3.07. The van der Waals surface area contributed by atoms with Crippen LogP contribution in [-0.4, -0.2) is 35.0 Å². The number of ether oxygens (including phenoxy) is 2. The molecule has 1 saturated heterocycles. The van der Waals surface area contributed by atoms with E-state index in [9.17, 15) is 4.79 Å². The zero-order valence-corrected chi connectivity index (χ0v) is 14.5. The number of nitrogens with zero attached hydrogens (tertiary/aromatic N) is 2. The van der Waals surface area contributed by atoms with Crippen LogP contribution in [0.4, 0.5) is 5.69 Å². The topological polar surface area (TPSA) is 65.4 Å². The second-order valence-corrected chi connectivity index (χ2v) is 6.16. The number of rotatable bonds is 5. The average Bonchev–Trinajstić information content (AvgIpc) is 3.14. The number of carbonyl (C=O) groups excluding carboxylic acids is 1. The smallest absolute Gasteiger partial charge is 0.260 e. The standard InChI is InChI=1S/C17H20ClN3O3/c1-11-15(16(18)21(2)20-11)17(22)19-12-5-3-6-13(9-12)24-10-14-7-4-8-23-14/h3,5-6,9,14H,4,7-8,10H2,1-2H3,(H,19,22)/t14-/m0/s1. The van der Waals surface area contributed by atoms with Crippen molar-refractivity contribution in [2.75, 3.05) is 18.5 Å². The fourth-order valence-electron chi connectivity index (χ4n) is 2.71. The number of benzene rings is 1. The van der Waals surface area contributed by atoms with Gasteiger partial charge in [0.25, 0.3) is 5.91 Å². The highest BCUT2D eigenvalue weighted by Crippen LogP contribution is 2.23. The fraction of sp³-hybridized carbons (Fsp3) is 0.412. The average molecular weight is 350 g/mol. The van der Waals surface area contributed by atoms with Crippen molar-refractivity contribution in [1.29, 1.82) is 0 Å². The molecular formula is C17H20ClN3O3. The summed E-state index contributed by atoms with van der Waals surface area (Å²) in [5.41, 5.74) is 1.61. The zero-order chi connectivity index (χ0) is 17.1. The van der Waals surface area contributed by atoms with E-state index < -0.39 is 0 Å². The van der Waals surface area contributed by atoms with Gasteiger partial charge in [-0.2, -0.15) is 5.10 Å². The van der Waals surface area contributed by atoms with Gasteiger partial charge in [0, 0.05) is 25.4 Å². The lowest BCUT2D eigenvalue weighted by atomic mass is 10.2. The predicted molar refractivity (Wildman–Crippen MR) is 91.8 cm³/mol. The highest BCUT2D eigenvalue weighted by molar-refractivity contribution is 6.33. The van der Waals surface area contributed by atoms with Crippen LogP contribution in [0.3, 0.4) is 0 Å². The quantitative estimate of drug-likeness (QED) is 0.900. The first-order chi connectivity index (χ1) is 11.5. The third-order valence-electron chi connectivity index (χ3n) is 3.93. The summed E-state index contributed by atoms with van der Waals surface area (Å²) < 4.78 is 12.8. The van der Waals surface area contributed by atoms with E-state index in [0.29, 0.717) is 34.5 Å². The number of hydrogen-bond donors (Lipinski definition) is 1. The second-order valence-electron chi connectivity index (χ2n) is 5.80. The first-order valence-corrected chi connectivity index (χ1v) is 8.27. The number of hydrogen-bond acceptors (Lipinski definition) is 4. The molecule has 128 valence electrons. The number of nitrogens with one attached hydrogen (secondary N) is 1. The Hall–Kier alpha value is -2.05. The SMILES string of the molecule is Cc1nn(C)c(Cl)c1C(=O)Nc1cccc(OC[C@@H]2CCCO2)c1. The highest BCUT2D eigenvalue weighted by atomic mass is 35.5. The fourth-order valence-corrected chi connectivity index (χ4v) is 2.97. The molecule has 2 heterocycles. The Labute approximate surface area is 145 Å². The number of halogens is 1. The van der Waals surface area contributed by atoms with Crippen molar-refractivity contribution in [3.63, 3.8) is 0 Å². The number of carbonyl (C=O) groups is 1. The molecule has 1 atom stereocenters. The Morgan fingerprint density at radius 1 is 1.54 bits per heavy atom. The van der Waals surface area contributed by atoms with E-state index in [1.807, 2.05) is 12.1 Å². The molecule has 1 amide bonds. The van der Waals surface area contributed by atoms with E-state index in [0.717, 1.165) is 19.4 Å². The van der Waals surface area contributed by atoms with E-state index in [4.69, 9.17) is 21.1 Å². The van der Waals surface area contributed by atoms with E-state index >= 15 is 0 Å². The third kappa shape index (κ3) is 3.71. The van der Waals surface area contributed by atoms with Crippen molar-refractivity contribution in [1.82, 2.24) is 9.78 Å². The molecule has 2 aromatic rings. The van der Waals surface area contributed by atoms with Crippen LogP contribution < -0.4 is 10.1 Å². The summed E-state index contributed by atoms with van der Waals surface area (Å²) >= 11 is 6.13. The maximum absolute atomic E-state index is 12.4. The van der Waals surface area contributed by atoms with Crippen molar-refractivity contribution in [3.05, 3.63) is 40.7 Å². The van der Waals surface area contributed by atoms with Crippen molar-refractivity contribution >= 4 is 23.2 Å². The molecular weight excluding hydrogens is 330 g/mol. The maximum atomic E-state index is 12.4. The van der Waals surface area contributed by atoms with Gasteiger partial charge in [-0.1, -0.05) is 17.7 Å². The van der Waals surface area contributed by atoms with E-state index in [1.165, 1.54) is 4.68 Å². The van der Waals surface area contributed by atoms with Crippen LogP contribution in [0.1, 0.15) is 28.9 Å². The summed E-state index contributed by atoms with van der Waals surface area (Å²) in [5.74, 6) is 0.402. The molecule has 0 radical (unpaired) electrons. The molecule has 1 aliphatic heterocycles. The van der Waals surface area contributed by atoms with Crippen LogP contribution in [0.2, 0.25) is 5.15 Å². The monoisotopic (exact) mass is 349 g/mol. The minimum Gasteiger partial charge on any atom is -0.491 e. The number of aromatic nitrogens is 2. The van der Waals surface area contributed by atoms with Crippen molar-refractivity contribution in [2.24, 2.45) is 7.05 Å². The molecule has 0 aliphatic carbocycles. The van der Waals surface area contributed by atoms with Gasteiger partial charge in [-0.3, -0.25) is 9.48 Å². The third-order valence-corrected chi connectivity index (χ3v) is 4.36. The molecule has 0 bridgehead atoms. The number of amides is 1. The second kappa shape index (κ2) is 7.23. The van der Waals surface area contributed by atoms with Gasteiger partial charge in [-0.25, -0.2) is 0 Å². The minimum absolute atomic E-state index is 0.153. The Kier molecular flexibility index (Phi) is 5.06. The molecule has 1 fully saturated rings. The summed E-state index contributed by atoms with van der Waals surface area (Å²) in [4.78, 5) is 12.4. The molecule has 1 aliphatic rings. The minimum atomic E-state index is -0.290. The van der Waals surface area contributed by atoms with Crippen LogP contribution in [0.5, 0.6) is 5.75 Å². The van der Waals surface area contributed by atoms with Crippen LogP contribution in [-0.2, 0) is 11.8 Å². The van der Waals surface area contributed by atoms with Crippen molar-refractivity contribution < 1.29 is 14.3 Å². The summed E-state index contributed by atoms with van der Waals surface area (Å²) in [7, 11) is 1.70. The van der Waals surface area contributed by atoms with Gasteiger partial charge >= 0.3 is 0 Å². The van der Waals surface area contributed by atoms with Gasteiger partial charge in [-0.05, 0) is 31.9 Å². The van der Waals surface area contributed by atoms with Gasteiger partial charge in [0.15, 0.2) is 0 Å². The van der Waals surface area contributed by atoms with E-state index in [1.54, 1.807) is 26.1 Å². The number of anilines is 1. The first-order valence-electron chi connectivity index (χ1n) is 7.89. The molecule has 24 heavy (non-hydrogen) atoms. The Morgan fingerprint density at radius 2 is 2.38 bits per heavy atom. The van der Waals surface area contributed by atoms with Gasteiger partial charge in [-0.15, -0.1) is 0 Å². The predicted octanol–water partition coefficient (Wildman–Crippen LogP) is 3.19. The van der Waals surface area contributed by atoms with Crippen LogP contribution in [0.15, 0.2) is 24.3 Å². The molecule has 7 heteroatoms. The molecule has 0 unspecified atom stereocenters. The van der Waals surface area contributed by atoms with Crippen molar-refractivity contribution in [3.8, 4) is 5.75 Å². The molecule has 1 N–H and O–H groups in total. The summed E-state index contributed by atoms with van der Waals surface area (Å²) in [6, 6.07) is 7.27. The number of aryl methyl sites for hydroxylation is 2. The molecule has 3 rings (SSSR count). The van der Waals surface area contributed by atoms with Gasteiger partial charge < -0.3 is 14.8 Å². The zero-order valence-electron chi connectivity index (χ0n) is 13.7. The first kappa shape index (κ1) is 16.8. The van der Waals surface area contributed by atoms with Crippen molar-refractivity contribution in [2.45, 2.75) is 25.9 Å². The molecule has 1 aromatic heterocycles. The Morgan fingerprint density at radius 3 is 3.04 bits per heavy atom.